The van der Waals surface area contributed by atoms with Crippen molar-refractivity contribution in [2.45, 2.75) is 34.1 Å². The Morgan fingerprint density at radius 2 is 2.04 bits per heavy atom. The Kier molecular flexibility index (Phi) is 6.81. The van der Waals surface area contributed by atoms with Crippen LogP contribution < -0.4 is 0 Å². The van der Waals surface area contributed by atoms with E-state index in [-0.39, 0.29) is 5.82 Å². The minimum atomic E-state index is -0.165. The molecule has 0 radical (unpaired) electrons. The molecule has 0 amide bonds. The number of hydrogen-bond donors (Lipinski definition) is 1. The van der Waals surface area contributed by atoms with Crippen molar-refractivity contribution in [1.82, 2.24) is 0 Å². The largest absolute Gasteiger partial charge is 0.308 e. The van der Waals surface area contributed by atoms with Crippen molar-refractivity contribution in [3.05, 3.63) is 82.4 Å². The van der Waals surface area contributed by atoms with Crippen molar-refractivity contribution in [3.8, 4) is 11.1 Å². The van der Waals surface area contributed by atoms with E-state index >= 15 is 0 Å². The lowest BCUT2D eigenvalue weighted by molar-refractivity contribution is 0.611. The number of rotatable bonds is 6. The molecule has 2 aromatic rings. The fourth-order valence-electron chi connectivity index (χ4n) is 3.13. The number of aryl methyl sites for hydroxylation is 1. The van der Waals surface area contributed by atoms with E-state index < -0.39 is 0 Å². The minimum Gasteiger partial charge on any atom is -0.308 e. The second kappa shape index (κ2) is 9.07. The van der Waals surface area contributed by atoms with Crippen molar-refractivity contribution < 1.29 is 4.39 Å². The van der Waals surface area contributed by atoms with E-state index in [1.54, 1.807) is 12.3 Å². The zero-order chi connectivity index (χ0) is 20.0. The molecule has 2 aromatic carbocycles. The molecule has 0 heterocycles. The van der Waals surface area contributed by atoms with Gasteiger partial charge in [0.15, 0.2) is 0 Å². The smallest absolute Gasteiger partial charge is 0.127 e. The summed E-state index contributed by atoms with van der Waals surface area (Å²) in [4.78, 5) is 4.56. The Labute approximate surface area is 161 Å². The molecule has 1 N–H and O–H groups in total. The van der Waals surface area contributed by atoms with Crippen LogP contribution in [0.25, 0.3) is 11.1 Å². The molecule has 2 rings (SSSR count). The third kappa shape index (κ3) is 4.39. The molecule has 0 bridgehead atoms. The SMILES string of the molecule is C=C=C(C=Nc1cccc(-c2cc(C)c(CC)c(F)c2)c1C)/C(C=N)=C/C. The van der Waals surface area contributed by atoms with Gasteiger partial charge >= 0.3 is 0 Å². The highest BCUT2D eigenvalue weighted by molar-refractivity contribution is 5.98. The van der Waals surface area contributed by atoms with Crippen molar-refractivity contribution in [3.63, 3.8) is 0 Å². The van der Waals surface area contributed by atoms with Gasteiger partial charge in [0, 0.05) is 23.6 Å². The van der Waals surface area contributed by atoms with Gasteiger partial charge in [0.1, 0.15) is 5.82 Å². The fourth-order valence-corrected chi connectivity index (χ4v) is 3.13. The van der Waals surface area contributed by atoms with Crippen LogP contribution in [0.3, 0.4) is 0 Å². The van der Waals surface area contributed by atoms with Gasteiger partial charge in [-0.05, 0) is 67.1 Å². The first kappa shape index (κ1) is 20.3. The lowest BCUT2D eigenvalue weighted by Gasteiger charge is -2.12. The third-order valence-electron chi connectivity index (χ3n) is 4.69. The lowest BCUT2D eigenvalue weighted by Crippen LogP contribution is -1.95. The maximum absolute atomic E-state index is 14.4. The highest BCUT2D eigenvalue weighted by Gasteiger charge is 2.11. The summed E-state index contributed by atoms with van der Waals surface area (Å²) in [5.41, 5.74) is 9.47. The van der Waals surface area contributed by atoms with E-state index in [9.17, 15) is 4.39 Å². The molecule has 0 saturated heterocycles. The molecule has 27 heavy (non-hydrogen) atoms. The third-order valence-corrected chi connectivity index (χ3v) is 4.69. The Morgan fingerprint density at radius 1 is 1.30 bits per heavy atom. The van der Waals surface area contributed by atoms with E-state index in [0.717, 1.165) is 33.5 Å². The second-order valence-electron chi connectivity index (χ2n) is 6.29. The zero-order valence-corrected chi connectivity index (χ0v) is 16.4. The normalized spacial score (nSPS) is 11.5. The molecular weight excluding hydrogens is 335 g/mol. The first-order chi connectivity index (χ1) is 13.0. The van der Waals surface area contributed by atoms with E-state index in [1.807, 2.05) is 58.0 Å². The fraction of sp³-hybridized carbons (Fsp3) is 0.208. The summed E-state index contributed by atoms with van der Waals surface area (Å²) in [5.74, 6) is -0.165. The lowest BCUT2D eigenvalue weighted by atomic mass is 9.95. The van der Waals surface area contributed by atoms with Gasteiger partial charge in [-0.15, -0.1) is 5.73 Å². The van der Waals surface area contributed by atoms with Crippen LogP contribution in [-0.4, -0.2) is 12.4 Å². The van der Waals surface area contributed by atoms with Crippen molar-refractivity contribution in [2.24, 2.45) is 4.99 Å². The molecule has 0 spiro atoms. The number of halogens is 1. The van der Waals surface area contributed by atoms with Gasteiger partial charge in [-0.1, -0.05) is 37.8 Å². The van der Waals surface area contributed by atoms with E-state index in [0.29, 0.717) is 17.6 Å². The molecular formula is C24H25FN2. The van der Waals surface area contributed by atoms with Crippen molar-refractivity contribution in [2.75, 3.05) is 0 Å². The zero-order valence-electron chi connectivity index (χ0n) is 16.4. The number of nitrogens with zero attached hydrogens (tertiary/aromatic N) is 1. The van der Waals surface area contributed by atoms with E-state index in [1.165, 1.54) is 6.21 Å². The molecule has 0 aromatic heterocycles. The standard InChI is InChI=1S/C24H25FN2/c1-6-18(14-26)19(7-2)15-27-24-11-9-10-22(17(24)5)20-12-16(4)21(8-3)23(25)13-20/h6,9-15,26H,2,8H2,1,3-5H3/b18-6+,26-14?,27-15?. The van der Waals surface area contributed by atoms with Crippen molar-refractivity contribution >= 4 is 18.1 Å². The molecule has 0 fully saturated rings. The van der Waals surface area contributed by atoms with Gasteiger partial charge in [-0.25, -0.2) is 4.39 Å². The molecule has 138 valence electrons. The molecule has 0 aliphatic heterocycles. The van der Waals surface area contributed by atoms with Crippen LogP contribution in [0.1, 0.15) is 30.5 Å². The second-order valence-corrected chi connectivity index (χ2v) is 6.29. The molecule has 0 saturated carbocycles. The Bertz CT molecular complexity index is 951. The number of hydrogen-bond acceptors (Lipinski definition) is 2. The molecule has 2 nitrogen and oxygen atoms in total. The summed E-state index contributed by atoms with van der Waals surface area (Å²) < 4.78 is 14.4. The maximum atomic E-state index is 14.4. The molecule has 3 heteroatoms. The quantitative estimate of drug-likeness (QED) is 0.339. The number of aliphatic imine (C=N–C) groups is 1. The predicted molar refractivity (Wildman–Crippen MR) is 114 cm³/mol. The molecule has 0 unspecified atom stereocenters. The van der Waals surface area contributed by atoms with Crippen LogP contribution in [-0.2, 0) is 6.42 Å². The van der Waals surface area contributed by atoms with Crippen molar-refractivity contribution in [1.29, 1.82) is 5.41 Å². The predicted octanol–water partition coefficient (Wildman–Crippen LogP) is 6.68. The van der Waals surface area contributed by atoms with Gasteiger partial charge < -0.3 is 5.41 Å². The van der Waals surface area contributed by atoms with Gasteiger partial charge in [0.2, 0.25) is 0 Å². The first-order valence-electron chi connectivity index (χ1n) is 8.97. The highest BCUT2D eigenvalue weighted by atomic mass is 19.1. The monoisotopic (exact) mass is 360 g/mol. The van der Waals surface area contributed by atoms with Crippen LogP contribution in [0.5, 0.6) is 0 Å². The van der Waals surface area contributed by atoms with Gasteiger partial charge in [-0.3, -0.25) is 4.99 Å². The Hall–Kier alpha value is -3.03. The summed E-state index contributed by atoms with van der Waals surface area (Å²) in [6.45, 7) is 11.4. The Morgan fingerprint density at radius 3 is 2.59 bits per heavy atom. The summed E-state index contributed by atoms with van der Waals surface area (Å²) in [7, 11) is 0. The summed E-state index contributed by atoms with van der Waals surface area (Å²) in [6, 6.07) is 9.44. The number of allylic oxidation sites excluding steroid dienone is 3. The van der Waals surface area contributed by atoms with Crippen LogP contribution in [0.4, 0.5) is 10.1 Å². The van der Waals surface area contributed by atoms with Gasteiger partial charge in [-0.2, -0.15) is 0 Å². The summed E-state index contributed by atoms with van der Waals surface area (Å²) >= 11 is 0. The van der Waals surface area contributed by atoms with Crippen LogP contribution in [0.15, 0.2) is 64.9 Å². The highest BCUT2D eigenvalue weighted by Crippen LogP contribution is 2.32. The van der Waals surface area contributed by atoms with Crippen LogP contribution >= 0.6 is 0 Å². The summed E-state index contributed by atoms with van der Waals surface area (Å²) in [6.07, 6.45) is 5.41. The van der Waals surface area contributed by atoms with E-state index in [4.69, 9.17) is 5.41 Å². The molecule has 0 atom stereocenters. The average Bonchev–Trinajstić information content (AvgIpc) is 2.65. The number of nitrogens with one attached hydrogen (secondary N) is 1. The Balaban J connectivity index is 2.49. The van der Waals surface area contributed by atoms with Crippen LogP contribution in [0, 0.1) is 25.1 Å². The van der Waals surface area contributed by atoms with E-state index in [2.05, 4.69) is 17.3 Å². The maximum Gasteiger partial charge on any atom is 0.127 e. The van der Waals surface area contributed by atoms with Crippen LogP contribution in [0.2, 0.25) is 0 Å². The number of benzene rings is 2. The topological polar surface area (TPSA) is 36.2 Å². The van der Waals surface area contributed by atoms with Gasteiger partial charge in [0.25, 0.3) is 0 Å². The minimum absolute atomic E-state index is 0.165. The van der Waals surface area contributed by atoms with Gasteiger partial charge in [0.05, 0.1) is 5.69 Å². The molecule has 0 aliphatic rings. The average molecular weight is 360 g/mol. The molecule has 0 aliphatic carbocycles. The first-order valence-corrected chi connectivity index (χ1v) is 8.97. The summed E-state index contributed by atoms with van der Waals surface area (Å²) in [5, 5.41) is 7.46.